The average molecular weight is 1080 g/mol. The molecule has 0 unspecified atom stereocenters. The molecule has 0 aliphatic heterocycles. The van der Waals surface area contributed by atoms with Gasteiger partial charge >= 0.3 is 0 Å². The third kappa shape index (κ3) is 16.8. The van der Waals surface area contributed by atoms with Crippen LogP contribution in [0, 0.1) is 27.7 Å². The molecule has 5 aromatic carbocycles. The van der Waals surface area contributed by atoms with E-state index in [1.165, 1.54) is 0 Å². The van der Waals surface area contributed by atoms with Crippen LogP contribution in [0.15, 0.2) is 93.8 Å². The van der Waals surface area contributed by atoms with Gasteiger partial charge in [0.25, 0.3) is 0 Å². The zero-order chi connectivity index (χ0) is 56.8. The van der Waals surface area contributed by atoms with E-state index in [9.17, 15) is 0 Å². The van der Waals surface area contributed by atoms with Crippen LogP contribution >= 0.6 is 0 Å². The van der Waals surface area contributed by atoms with Crippen molar-refractivity contribution in [2.24, 2.45) is 0 Å². The predicted molar refractivity (Wildman–Crippen MR) is 314 cm³/mol. The number of rotatable bonds is 20. The predicted octanol–water partition coefficient (Wildman–Crippen LogP) is 15.7. The molecule has 79 heavy (non-hydrogen) atoms. The normalized spacial score (nSPS) is 11.7. The highest BCUT2D eigenvalue weighted by Crippen LogP contribution is 2.43. The lowest BCUT2D eigenvalue weighted by Crippen LogP contribution is -2.08. The SMILES string of the molecule is CCOc1cc2c(OCC)cc1Cc1cc(OCC)c(cc1OCC)Cc1cc(OCC)c(cc1OCC)Cc1cc(OCC)c(cc1OCC)Cc1cc(OCC)c(cc1OCC)C2.Cc1ccc(C)o1.Cc1ccc(C)o1. The third-order valence-corrected chi connectivity index (χ3v) is 12.9. The van der Waals surface area contributed by atoms with E-state index in [1.807, 2.05) is 121 Å². The van der Waals surface area contributed by atoms with Gasteiger partial charge in [-0.05, 0) is 182 Å². The molecule has 426 valence electrons. The standard InChI is InChI=1S/C55H70O10.2C6H8O/c1-11-56-46-26-37-22-39-29-51(61-16-6)41(31-50(39)60-15-5)24-43-33-55(65-20-10)45(35-54(43)64-19-9)25-44-34-52(62-17-7)42(32-53(44)63-18-8)23-40-30-48(58-13-3)38(28-49(40)59-14-4)21-36(46)27-47(37)57-12-2;2*1-5-3-4-6(2)7-5/h26-35H,11-25H2,1-10H3;2*3-4H,1-2H3. The second-order valence-electron chi connectivity index (χ2n) is 18.9. The summed E-state index contributed by atoms with van der Waals surface area (Å²) in [6.07, 6.45) is 2.64. The molecule has 7 aromatic rings. The largest absolute Gasteiger partial charge is 0.494 e. The summed E-state index contributed by atoms with van der Waals surface area (Å²) in [4.78, 5) is 0. The van der Waals surface area contributed by atoms with Crippen LogP contribution in [0.4, 0.5) is 0 Å². The Hall–Kier alpha value is -7.34. The minimum atomic E-state index is 0.496. The molecule has 0 radical (unpaired) electrons. The van der Waals surface area contributed by atoms with Gasteiger partial charge in [0.1, 0.15) is 80.5 Å². The minimum absolute atomic E-state index is 0.496. The molecule has 12 nitrogen and oxygen atoms in total. The summed E-state index contributed by atoms with van der Waals surface area (Å²) in [6, 6.07) is 29.0. The third-order valence-electron chi connectivity index (χ3n) is 12.9. The van der Waals surface area contributed by atoms with Crippen LogP contribution in [0.2, 0.25) is 0 Å². The molecule has 0 spiro atoms. The highest BCUT2D eigenvalue weighted by molar-refractivity contribution is 5.59. The van der Waals surface area contributed by atoms with E-state index in [-0.39, 0.29) is 0 Å². The van der Waals surface area contributed by atoms with Gasteiger partial charge in [0, 0.05) is 87.7 Å². The second kappa shape index (κ2) is 30.7. The molecular formula is C67H86O12. The molecule has 0 atom stereocenters. The first kappa shape index (κ1) is 60.9. The summed E-state index contributed by atoms with van der Waals surface area (Å²) >= 11 is 0. The number of hydrogen-bond acceptors (Lipinski definition) is 12. The van der Waals surface area contributed by atoms with Gasteiger partial charge in [-0.15, -0.1) is 0 Å². The smallest absolute Gasteiger partial charge is 0.123 e. The quantitative estimate of drug-likeness (QED) is 0.0723. The lowest BCUT2D eigenvalue weighted by Gasteiger charge is -2.21. The molecule has 17 rings (SSSR count). The van der Waals surface area contributed by atoms with Gasteiger partial charge in [-0.25, -0.2) is 0 Å². The summed E-state index contributed by atoms with van der Waals surface area (Å²) in [5.74, 6) is 11.7. The minimum Gasteiger partial charge on any atom is -0.494 e. The maximum Gasteiger partial charge on any atom is 0.123 e. The van der Waals surface area contributed by atoms with E-state index < -0.39 is 0 Å². The van der Waals surface area contributed by atoms with Crippen LogP contribution in [-0.2, 0) is 32.1 Å². The van der Waals surface area contributed by atoms with Crippen molar-refractivity contribution in [1.82, 2.24) is 0 Å². The van der Waals surface area contributed by atoms with Crippen molar-refractivity contribution in [1.29, 1.82) is 0 Å². The first-order chi connectivity index (χ1) is 38.3. The van der Waals surface area contributed by atoms with Gasteiger partial charge in [0.2, 0.25) is 0 Å². The van der Waals surface area contributed by atoms with Gasteiger partial charge in [-0.3, -0.25) is 0 Å². The lowest BCUT2D eigenvalue weighted by molar-refractivity contribution is 0.320. The summed E-state index contributed by atoms with van der Waals surface area (Å²) < 4.78 is 74.5. The number of furan rings is 2. The number of aryl methyl sites for hydroxylation is 4. The Labute approximate surface area is 470 Å². The van der Waals surface area contributed by atoms with Gasteiger partial charge in [-0.2, -0.15) is 0 Å². The Kier molecular flexibility index (Phi) is 23.7. The fourth-order valence-corrected chi connectivity index (χ4v) is 9.64. The summed E-state index contributed by atoms with van der Waals surface area (Å²) in [5.41, 5.74) is 9.81. The van der Waals surface area contributed by atoms with Crippen LogP contribution in [0.1, 0.15) is 148 Å². The molecular weight excluding hydrogens is 997 g/mol. The van der Waals surface area contributed by atoms with Gasteiger partial charge in [-0.1, -0.05) is 0 Å². The van der Waals surface area contributed by atoms with Crippen molar-refractivity contribution in [2.75, 3.05) is 66.1 Å². The van der Waals surface area contributed by atoms with E-state index in [1.54, 1.807) is 0 Å². The van der Waals surface area contributed by atoms with Crippen LogP contribution in [0.5, 0.6) is 57.5 Å². The monoisotopic (exact) mass is 1080 g/mol. The second-order valence-corrected chi connectivity index (χ2v) is 18.9. The highest BCUT2D eigenvalue weighted by atomic mass is 16.5. The van der Waals surface area contributed by atoms with Gasteiger partial charge < -0.3 is 56.2 Å². The van der Waals surface area contributed by atoms with E-state index in [4.69, 9.17) is 56.2 Å². The lowest BCUT2D eigenvalue weighted by atomic mass is 9.94. The maximum absolute atomic E-state index is 6.43. The first-order valence-electron chi connectivity index (χ1n) is 28.4. The van der Waals surface area contributed by atoms with Crippen molar-refractivity contribution in [3.63, 3.8) is 0 Å². The number of hydrogen-bond donors (Lipinski definition) is 0. The summed E-state index contributed by atoms with van der Waals surface area (Å²) in [6.45, 7) is 32.8. The fraction of sp³-hybridized carbons (Fsp3) is 0.433. The zero-order valence-corrected chi connectivity index (χ0v) is 49.6. The molecule has 2 aromatic heterocycles. The highest BCUT2D eigenvalue weighted by Gasteiger charge is 2.24. The molecule has 0 fully saturated rings. The zero-order valence-electron chi connectivity index (χ0n) is 49.6. The van der Waals surface area contributed by atoms with Crippen molar-refractivity contribution < 1.29 is 56.2 Å². The van der Waals surface area contributed by atoms with Crippen molar-refractivity contribution in [3.05, 3.63) is 164 Å². The van der Waals surface area contributed by atoms with Crippen molar-refractivity contribution >= 4 is 0 Å². The molecule has 0 N–H and O–H groups in total. The Balaban J connectivity index is 0.000000623. The molecule has 0 amide bonds. The van der Waals surface area contributed by atoms with E-state index >= 15 is 0 Å². The summed E-state index contributed by atoms with van der Waals surface area (Å²) in [5, 5.41) is 0. The van der Waals surface area contributed by atoms with Crippen LogP contribution < -0.4 is 47.4 Å². The maximum atomic E-state index is 6.43. The first-order valence-corrected chi connectivity index (χ1v) is 28.4. The Bertz CT molecular complexity index is 2410. The molecule has 10 aliphatic rings. The topological polar surface area (TPSA) is 119 Å². The molecule has 12 heteroatoms. The van der Waals surface area contributed by atoms with Crippen molar-refractivity contribution in [3.8, 4) is 57.5 Å². The van der Waals surface area contributed by atoms with Crippen molar-refractivity contribution in [2.45, 2.75) is 129 Å². The molecule has 2 heterocycles. The summed E-state index contributed by atoms with van der Waals surface area (Å²) in [7, 11) is 0. The Morgan fingerprint density at radius 2 is 0.342 bits per heavy atom. The molecule has 0 saturated heterocycles. The van der Waals surface area contributed by atoms with E-state index in [0.717, 1.165) is 136 Å². The van der Waals surface area contributed by atoms with Crippen LogP contribution in [-0.4, -0.2) is 66.1 Å². The fourth-order valence-electron chi connectivity index (χ4n) is 9.64. The molecule has 10 aliphatic carbocycles. The van der Waals surface area contributed by atoms with Crippen LogP contribution in [0.25, 0.3) is 0 Å². The molecule has 10 bridgehead atoms. The average Bonchev–Trinajstić information content (AvgIpc) is 4.03. The van der Waals surface area contributed by atoms with E-state index in [2.05, 4.69) is 60.7 Å². The number of benzene rings is 5. The van der Waals surface area contributed by atoms with Crippen LogP contribution in [0.3, 0.4) is 0 Å². The number of ether oxygens (including phenoxy) is 10. The van der Waals surface area contributed by atoms with E-state index in [0.29, 0.717) is 98.2 Å². The molecule has 0 saturated carbocycles. The Morgan fingerprint density at radius 1 is 0.228 bits per heavy atom. The van der Waals surface area contributed by atoms with Gasteiger partial charge in [0.05, 0.1) is 66.1 Å². The van der Waals surface area contributed by atoms with Gasteiger partial charge in [0.15, 0.2) is 0 Å². The Morgan fingerprint density at radius 3 is 0.418 bits per heavy atom.